The predicted octanol–water partition coefficient (Wildman–Crippen LogP) is 3.27. The Morgan fingerprint density at radius 1 is 0.976 bits per heavy atom. The molecule has 12 heteroatoms. The Bertz CT molecular complexity index is 1040. The van der Waals surface area contributed by atoms with E-state index in [2.05, 4.69) is 17.6 Å². The molecule has 12 nitrogen and oxygen atoms in total. The fourth-order valence-corrected chi connectivity index (χ4v) is 7.15. The largest absolute Gasteiger partial charge is 0.480 e. The average Bonchev–Trinajstić information content (AvgIpc) is 3.13. The first-order chi connectivity index (χ1) is 19.7. The number of esters is 1. The van der Waals surface area contributed by atoms with Gasteiger partial charge in [0.2, 0.25) is 23.9 Å². The van der Waals surface area contributed by atoms with Crippen LogP contribution in [0.3, 0.4) is 0 Å². The highest BCUT2D eigenvalue weighted by Crippen LogP contribution is 2.60. The van der Waals surface area contributed by atoms with Crippen LogP contribution in [0.2, 0.25) is 0 Å². The summed E-state index contributed by atoms with van der Waals surface area (Å²) in [5, 5.41) is 14.6. The summed E-state index contributed by atoms with van der Waals surface area (Å²) in [6.45, 7) is 13.2. The van der Waals surface area contributed by atoms with E-state index in [0.29, 0.717) is 18.8 Å². The molecule has 42 heavy (non-hydrogen) atoms. The van der Waals surface area contributed by atoms with E-state index in [4.69, 9.17) is 24.0 Å². The molecule has 0 aromatic carbocycles. The number of hydrogen-bond donors (Lipinski definition) is 3. The van der Waals surface area contributed by atoms with Gasteiger partial charge < -0.3 is 30.0 Å². The van der Waals surface area contributed by atoms with Crippen molar-refractivity contribution in [3.63, 3.8) is 0 Å². The Morgan fingerprint density at radius 3 is 2.33 bits per heavy atom. The maximum atomic E-state index is 12.9. The van der Waals surface area contributed by atoms with Gasteiger partial charge in [0.25, 0.3) is 0 Å². The molecule has 2 amide bonds. The third-order valence-corrected chi connectivity index (χ3v) is 9.49. The maximum absolute atomic E-state index is 12.9. The Morgan fingerprint density at radius 2 is 1.69 bits per heavy atom. The van der Waals surface area contributed by atoms with E-state index in [1.165, 1.54) is 0 Å². The monoisotopic (exact) mass is 596 g/mol. The zero-order valence-electron chi connectivity index (χ0n) is 25.8. The SMILES string of the molecule is CC(C)C[C@H](NC(=O)CCC(=O)O[C@@H]1O[C@H]2O[C@]3(C)CC[C@H]4[C@H](C)CC[C@@H]([C@@H]1C)[C@@]24OO3)C(=O)N[C@H](C(=O)O)C(C)C. The van der Waals surface area contributed by atoms with Crippen LogP contribution in [0.5, 0.6) is 0 Å². The Labute approximate surface area is 247 Å². The van der Waals surface area contributed by atoms with Crippen molar-refractivity contribution >= 4 is 23.8 Å². The van der Waals surface area contributed by atoms with Gasteiger partial charge in [0.05, 0.1) is 6.42 Å². The van der Waals surface area contributed by atoms with Crippen molar-refractivity contribution in [3.05, 3.63) is 0 Å². The summed E-state index contributed by atoms with van der Waals surface area (Å²) in [6, 6.07) is -2.01. The van der Waals surface area contributed by atoms with Crippen LogP contribution in [0, 0.1) is 35.5 Å². The fraction of sp³-hybridized carbons (Fsp3) is 0.867. The first-order valence-electron chi connectivity index (χ1n) is 15.4. The minimum absolute atomic E-state index is 0.00281. The lowest BCUT2D eigenvalue weighted by molar-refractivity contribution is -0.576. The normalized spacial score (nSPS) is 36.9. The number of aliphatic carboxylic acids is 1. The van der Waals surface area contributed by atoms with Gasteiger partial charge in [-0.1, -0.05) is 41.5 Å². The van der Waals surface area contributed by atoms with Crippen molar-refractivity contribution < 1.29 is 48.3 Å². The van der Waals surface area contributed by atoms with Crippen molar-refractivity contribution in [3.8, 4) is 0 Å². The lowest BCUT2D eigenvalue weighted by atomic mass is 9.58. The molecule has 3 N–H and O–H groups in total. The van der Waals surface area contributed by atoms with Crippen LogP contribution in [0.1, 0.15) is 93.4 Å². The van der Waals surface area contributed by atoms with Crippen LogP contribution in [0.15, 0.2) is 0 Å². The number of ether oxygens (including phenoxy) is 3. The zero-order valence-corrected chi connectivity index (χ0v) is 25.8. The number of amides is 2. The van der Waals surface area contributed by atoms with E-state index in [-0.39, 0.29) is 42.4 Å². The molecular weight excluding hydrogens is 548 g/mol. The zero-order chi connectivity index (χ0) is 31.0. The fourth-order valence-electron chi connectivity index (χ4n) is 7.15. The number of hydrogen-bond acceptors (Lipinski definition) is 9. The van der Waals surface area contributed by atoms with Gasteiger partial charge in [-0.2, -0.15) is 0 Å². The van der Waals surface area contributed by atoms with Crippen LogP contribution in [0.25, 0.3) is 0 Å². The van der Waals surface area contributed by atoms with E-state index < -0.39 is 59.8 Å². The van der Waals surface area contributed by atoms with Crippen molar-refractivity contribution in [2.75, 3.05) is 0 Å². The summed E-state index contributed by atoms with van der Waals surface area (Å²) in [5.41, 5.74) is -0.767. The molecule has 238 valence electrons. The molecule has 4 saturated heterocycles. The molecular formula is C30H48N2O10. The number of carboxylic acid groups (broad SMARTS) is 1. The summed E-state index contributed by atoms with van der Waals surface area (Å²) in [7, 11) is 0. The Kier molecular flexibility index (Phi) is 9.91. The molecule has 4 aliphatic heterocycles. The van der Waals surface area contributed by atoms with Crippen LogP contribution < -0.4 is 10.6 Å². The first kappa shape index (κ1) is 32.6. The Balaban J connectivity index is 1.35. The van der Waals surface area contributed by atoms with Crippen molar-refractivity contribution in [1.29, 1.82) is 0 Å². The molecule has 5 aliphatic rings. The molecule has 5 fully saturated rings. The number of carbonyl (C=O) groups is 4. The molecule has 4 heterocycles. The standard InChI is InChI=1S/C30H48N2O10/c1-15(2)14-21(25(35)32-24(16(3)4)26(36)37)31-22(33)10-11-23(34)38-27-18(6)20-9-8-17(5)19-12-13-29(7)40-28(39-27)30(19,20)42-41-29/h15-21,24,27-28H,8-14H2,1-7H3,(H,31,33)(H,32,35)(H,36,37)/t17-,18+,19+,20+,21+,24+,27-,28+,29+,30-/m1/s1. The molecule has 0 aromatic rings. The van der Waals surface area contributed by atoms with Gasteiger partial charge in [0, 0.05) is 24.7 Å². The van der Waals surface area contributed by atoms with Gasteiger partial charge in [-0.05, 0) is 56.3 Å². The van der Waals surface area contributed by atoms with Gasteiger partial charge in [0.15, 0.2) is 11.9 Å². The second-order valence-corrected chi connectivity index (χ2v) is 13.6. The highest BCUT2D eigenvalue weighted by molar-refractivity contribution is 5.91. The quantitative estimate of drug-likeness (QED) is 0.239. The molecule has 2 bridgehead atoms. The minimum Gasteiger partial charge on any atom is -0.480 e. The van der Waals surface area contributed by atoms with Crippen molar-refractivity contribution in [1.82, 2.24) is 10.6 Å². The van der Waals surface area contributed by atoms with Crippen LogP contribution >= 0.6 is 0 Å². The van der Waals surface area contributed by atoms with E-state index in [1.54, 1.807) is 13.8 Å². The molecule has 0 radical (unpaired) electrons. The van der Waals surface area contributed by atoms with Gasteiger partial charge in [0.1, 0.15) is 12.1 Å². The van der Waals surface area contributed by atoms with Crippen LogP contribution in [0.4, 0.5) is 0 Å². The smallest absolute Gasteiger partial charge is 0.326 e. The highest BCUT2D eigenvalue weighted by Gasteiger charge is 2.69. The number of rotatable bonds is 11. The number of carbonyl (C=O) groups excluding carboxylic acids is 3. The second kappa shape index (κ2) is 12.8. The van der Waals surface area contributed by atoms with Crippen molar-refractivity contribution in [2.45, 2.75) is 129 Å². The number of fused-ring (bicyclic) bond motifs is 2. The second-order valence-electron chi connectivity index (χ2n) is 13.6. The summed E-state index contributed by atoms with van der Waals surface area (Å²) in [6.07, 6.45) is 1.73. The third-order valence-electron chi connectivity index (χ3n) is 9.49. The van der Waals surface area contributed by atoms with E-state index in [9.17, 15) is 24.3 Å². The lowest BCUT2D eigenvalue weighted by Gasteiger charge is -2.59. The minimum atomic E-state index is -1.14. The Hall–Kier alpha value is -2.28. The maximum Gasteiger partial charge on any atom is 0.326 e. The van der Waals surface area contributed by atoms with Crippen LogP contribution in [-0.4, -0.2) is 64.9 Å². The molecule has 1 spiro atoms. The average molecular weight is 597 g/mol. The molecule has 0 aromatic heterocycles. The third kappa shape index (κ3) is 6.61. The summed E-state index contributed by atoms with van der Waals surface area (Å²) >= 11 is 0. The van der Waals surface area contributed by atoms with Gasteiger partial charge in [-0.25, -0.2) is 14.6 Å². The molecule has 1 aliphatic carbocycles. The van der Waals surface area contributed by atoms with Crippen molar-refractivity contribution in [2.24, 2.45) is 35.5 Å². The van der Waals surface area contributed by atoms with Crippen LogP contribution in [-0.2, 0) is 43.2 Å². The topological polar surface area (TPSA) is 159 Å². The van der Waals surface area contributed by atoms with E-state index >= 15 is 0 Å². The summed E-state index contributed by atoms with van der Waals surface area (Å²) < 4.78 is 18.3. The van der Waals surface area contributed by atoms with E-state index in [0.717, 1.165) is 19.3 Å². The summed E-state index contributed by atoms with van der Waals surface area (Å²) in [5.74, 6) is -3.63. The first-order valence-corrected chi connectivity index (χ1v) is 15.4. The highest BCUT2D eigenvalue weighted by atomic mass is 17.3. The number of nitrogens with one attached hydrogen (secondary N) is 2. The van der Waals surface area contributed by atoms with Gasteiger partial charge >= 0.3 is 11.9 Å². The van der Waals surface area contributed by atoms with Gasteiger partial charge in [-0.3, -0.25) is 14.4 Å². The summed E-state index contributed by atoms with van der Waals surface area (Å²) in [4.78, 5) is 62.0. The molecule has 5 rings (SSSR count). The molecule has 0 unspecified atom stereocenters. The predicted molar refractivity (Wildman–Crippen MR) is 148 cm³/mol. The molecule has 10 atom stereocenters. The van der Waals surface area contributed by atoms with Gasteiger partial charge in [-0.15, -0.1) is 0 Å². The molecule has 1 saturated carbocycles. The number of carboxylic acids is 1. The lowest BCUT2D eigenvalue weighted by Crippen LogP contribution is -2.70. The van der Waals surface area contributed by atoms with E-state index in [1.807, 2.05) is 27.7 Å².